The SMILES string of the molecule is CCCNCc1c(C)cc(C)cc1OC. The molecule has 0 heterocycles. The molecule has 2 heteroatoms. The summed E-state index contributed by atoms with van der Waals surface area (Å²) in [6.45, 7) is 8.35. The number of aryl methyl sites for hydroxylation is 2. The van der Waals surface area contributed by atoms with Crippen molar-refractivity contribution in [1.82, 2.24) is 5.32 Å². The molecule has 0 fully saturated rings. The highest BCUT2D eigenvalue weighted by molar-refractivity contribution is 5.42. The van der Waals surface area contributed by atoms with Crippen LogP contribution in [0.2, 0.25) is 0 Å². The molecule has 0 spiro atoms. The minimum atomic E-state index is 0.892. The van der Waals surface area contributed by atoms with E-state index in [9.17, 15) is 0 Å². The smallest absolute Gasteiger partial charge is 0.123 e. The van der Waals surface area contributed by atoms with Crippen molar-refractivity contribution < 1.29 is 4.74 Å². The Morgan fingerprint density at radius 3 is 2.60 bits per heavy atom. The van der Waals surface area contributed by atoms with Gasteiger partial charge in [-0.05, 0) is 44.0 Å². The molecule has 1 rings (SSSR count). The average Bonchev–Trinajstić information content (AvgIpc) is 2.20. The van der Waals surface area contributed by atoms with Crippen LogP contribution in [0.25, 0.3) is 0 Å². The standard InChI is InChI=1S/C13H21NO/c1-5-6-14-9-12-11(3)7-10(2)8-13(12)15-4/h7-8,14H,5-6,9H2,1-4H3. The van der Waals surface area contributed by atoms with Gasteiger partial charge in [0, 0.05) is 12.1 Å². The van der Waals surface area contributed by atoms with Crippen molar-refractivity contribution in [3.63, 3.8) is 0 Å². The first-order valence-corrected chi connectivity index (χ1v) is 5.53. The molecule has 1 N–H and O–H groups in total. The summed E-state index contributed by atoms with van der Waals surface area (Å²) in [5.74, 6) is 0.996. The fraction of sp³-hybridized carbons (Fsp3) is 0.538. The van der Waals surface area contributed by atoms with Crippen molar-refractivity contribution in [1.29, 1.82) is 0 Å². The zero-order valence-electron chi connectivity index (χ0n) is 10.2. The van der Waals surface area contributed by atoms with Crippen molar-refractivity contribution in [3.05, 3.63) is 28.8 Å². The van der Waals surface area contributed by atoms with Crippen LogP contribution in [-0.2, 0) is 6.54 Å². The van der Waals surface area contributed by atoms with E-state index in [4.69, 9.17) is 4.74 Å². The summed E-state index contributed by atoms with van der Waals surface area (Å²) in [5, 5.41) is 3.41. The lowest BCUT2D eigenvalue weighted by atomic mass is 10.0. The van der Waals surface area contributed by atoms with Gasteiger partial charge in [0.1, 0.15) is 5.75 Å². The summed E-state index contributed by atoms with van der Waals surface area (Å²) in [5.41, 5.74) is 3.83. The number of hydrogen-bond donors (Lipinski definition) is 1. The molecule has 0 bridgehead atoms. The molecule has 0 aromatic heterocycles. The van der Waals surface area contributed by atoms with Crippen LogP contribution in [0.1, 0.15) is 30.0 Å². The van der Waals surface area contributed by atoms with Crippen LogP contribution in [0.3, 0.4) is 0 Å². The molecule has 0 unspecified atom stereocenters. The van der Waals surface area contributed by atoms with Gasteiger partial charge in [0.15, 0.2) is 0 Å². The second-order valence-electron chi connectivity index (χ2n) is 3.94. The fourth-order valence-electron chi connectivity index (χ4n) is 1.76. The van der Waals surface area contributed by atoms with E-state index >= 15 is 0 Å². The van der Waals surface area contributed by atoms with E-state index in [1.54, 1.807) is 7.11 Å². The zero-order valence-corrected chi connectivity index (χ0v) is 10.2. The Balaban J connectivity index is 2.84. The Kier molecular flexibility index (Phi) is 4.63. The number of nitrogens with one attached hydrogen (secondary N) is 1. The van der Waals surface area contributed by atoms with E-state index < -0.39 is 0 Å². The molecule has 0 atom stereocenters. The second-order valence-corrected chi connectivity index (χ2v) is 3.94. The normalized spacial score (nSPS) is 10.4. The first kappa shape index (κ1) is 12.1. The van der Waals surface area contributed by atoms with Crippen LogP contribution in [0.4, 0.5) is 0 Å². The lowest BCUT2D eigenvalue weighted by molar-refractivity contribution is 0.407. The molecule has 0 saturated carbocycles. The number of hydrogen-bond acceptors (Lipinski definition) is 2. The van der Waals surface area contributed by atoms with Crippen LogP contribution in [0, 0.1) is 13.8 Å². The highest BCUT2D eigenvalue weighted by Gasteiger charge is 2.06. The summed E-state index contributed by atoms with van der Waals surface area (Å²) in [6, 6.07) is 4.29. The topological polar surface area (TPSA) is 21.3 Å². The molecule has 0 aliphatic carbocycles. The molecular weight excluding hydrogens is 186 g/mol. The van der Waals surface area contributed by atoms with E-state index in [0.29, 0.717) is 0 Å². The van der Waals surface area contributed by atoms with Crippen LogP contribution in [0.15, 0.2) is 12.1 Å². The maximum atomic E-state index is 5.40. The van der Waals surface area contributed by atoms with Crippen LogP contribution >= 0.6 is 0 Å². The van der Waals surface area contributed by atoms with Gasteiger partial charge in [0.05, 0.1) is 7.11 Å². The summed E-state index contributed by atoms with van der Waals surface area (Å²) >= 11 is 0. The van der Waals surface area contributed by atoms with E-state index in [0.717, 1.165) is 25.3 Å². The van der Waals surface area contributed by atoms with Gasteiger partial charge in [-0.2, -0.15) is 0 Å². The highest BCUT2D eigenvalue weighted by atomic mass is 16.5. The monoisotopic (exact) mass is 207 g/mol. The Labute approximate surface area is 92.6 Å². The number of rotatable bonds is 5. The lowest BCUT2D eigenvalue weighted by Crippen LogP contribution is -2.15. The number of ether oxygens (including phenoxy) is 1. The first-order valence-electron chi connectivity index (χ1n) is 5.53. The summed E-state index contributed by atoms with van der Waals surface area (Å²) < 4.78 is 5.40. The molecule has 2 nitrogen and oxygen atoms in total. The Morgan fingerprint density at radius 2 is 2.00 bits per heavy atom. The molecular formula is C13H21NO. The largest absolute Gasteiger partial charge is 0.496 e. The van der Waals surface area contributed by atoms with Crippen LogP contribution in [-0.4, -0.2) is 13.7 Å². The fourth-order valence-corrected chi connectivity index (χ4v) is 1.76. The molecule has 0 amide bonds. The second kappa shape index (κ2) is 5.76. The molecule has 1 aromatic carbocycles. The maximum Gasteiger partial charge on any atom is 0.123 e. The van der Waals surface area contributed by atoms with Gasteiger partial charge in [0.25, 0.3) is 0 Å². The molecule has 0 aliphatic heterocycles. The van der Waals surface area contributed by atoms with Gasteiger partial charge in [-0.3, -0.25) is 0 Å². The van der Waals surface area contributed by atoms with Gasteiger partial charge >= 0.3 is 0 Å². The van der Waals surface area contributed by atoms with Gasteiger partial charge in [-0.1, -0.05) is 13.0 Å². The Hall–Kier alpha value is -1.02. The average molecular weight is 207 g/mol. The summed E-state index contributed by atoms with van der Waals surface area (Å²) in [7, 11) is 1.73. The van der Waals surface area contributed by atoms with Crippen molar-refractivity contribution in [2.45, 2.75) is 33.7 Å². The quantitative estimate of drug-likeness (QED) is 0.750. The number of benzene rings is 1. The minimum absolute atomic E-state index is 0.892. The molecule has 0 saturated heterocycles. The van der Waals surface area contributed by atoms with Gasteiger partial charge < -0.3 is 10.1 Å². The minimum Gasteiger partial charge on any atom is -0.496 e. The van der Waals surface area contributed by atoms with E-state index in [1.807, 2.05) is 0 Å². The van der Waals surface area contributed by atoms with Gasteiger partial charge in [-0.25, -0.2) is 0 Å². The van der Waals surface area contributed by atoms with Crippen molar-refractivity contribution in [2.24, 2.45) is 0 Å². The third-order valence-corrected chi connectivity index (χ3v) is 2.52. The molecule has 1 aromatic rings. The zero-order chi connectivity index (χ0) is 11.3. The molecule has 0 aliphatic rings. The summed E-state index contributed by atoms with van der Waals surface area (Å²) in [4.78, 5) is 0. The lowest BCUT2D eigenvalue weighted by Gasteiger charge is -2.13. The number of methoxy groups -OCH3 is 1. The first-order chi connectivity index (χ1) is 7.19. The molecule has 84 valence electrons. The van der Waals surface area contributed by atoms with Gasteiger partial charge in [-0.15, -0.1) is 0 Å². The predicted molar refractivity (Wildman–Crippen MR) is 64.5 cm³/mol. The Bertz CT molecular complexity index is 321. The van der Waals surface area contributed by atoms with Crippen molar-refractivity contribution in [2.75, 3.05) is 13.7 Å². The van der Waals surface area contributed by atoms with Crippen LogP contribution in [0.5, 0.6) is 5.75 Å². The Morgan fingerprint density at radius 1 is 1.27 bits per heavy atom. The van der Waals surface area contributed by atoms with Gasteiger partial charge in [0.2, 0.25) is 0 Å². The third-order valence-electron chi connectivity index (χ3n) is 2.52. The molecule has 0 radical (unpaired) electrons. The molecule has 15 heavy (non-hydrogen) atoms. The maximum absolute atomic E-state index is 5.40. The van der Waals surface area contributed by atoms with E-state index in [-0.39, 0.29) is 0 Å². The highest BCUT2D eigenvalue weighted by Crippen LogP contribution is 2.23. The summed E-state index contributed by atoms with van der Waals surface area (Å²) in [6.07, 6.45) is 1.16. The van der Waals surface area contributed by atoms with Crippen molar-refractivity contribution in [3.8, 4) is 5.75 Å². The predicted octanol–water partition coefficient (Wildman–Crippen LogP) is 2.81. The third kappa shape index (κ3) is 3.24. The van der Waals surface area contributed by atoms with E-state index in [1.165, 1.54) is 16.7 Å². The van der Waals surface area contributed by atoms with Crippen molar-refractivity contribution >= 4 is 0 Å². The van der Waals surface area contributed by atoms with Crippen LogP contribution < -0.4 is 10.1 Å². The van der Waals surface area contributed by atoms with E-state index in [2.05, 4.69) is 38.2 Å².